The summed E-state index contributed by atoms with van der Waals surface area (Å²) in [6, 6.07) is 12.9. The van der Waals surface area contributed by atoms with Gasteiger partial charge in [-0.15, -0.1) is 0 Å². The Kier molecular flexibility index (Phi) is 9.53. The van der Waals surface area contributed by atoms with E-state index in [9.17, 15) is 9.59 Å². The fourth-order valence-electron chi connectivity index (χ4n) is 4.06. The van der Waals surface area contributed by atoms with E-state index in [0.29, 0.717) is 28.2 Å². The Balaban J connectivity index is 1.72. The van der Waals surface area contributed by atoms with Crippen molar-refractivity contribution in [2.75, 3.05) is 13.7 Å². The minimum absolute atomic E-state index is 0.166. The van der Waals surface area contributed by atoms with Gasteiger partial charge in [0.25, 0.3) is 5.91 Å². The lowest BCUT2D eigenvalue weighted by Gasteiger charge is -2.36. The number of nitrogens with two attached hydrogens (primary N) is 1. The first kappa shape index (κ1) is 25.8. The zero-order chi connectivity index (χ0) is 24.5. The van der Waals surface area contributed by atoms with Crippen molar-refractivity contribution in [3.63, 3.8) is 0 Å². The van der Waals surface area contributed by atoms with Crippen LogP contribution in [0.25, 0.3) is 0 Å². The Morgan fingerprint density at radius 3 is 2.41 bits per heavy atom. The number of primary amides is 1. The molecule has 2 amide bonds. The lowest BCUT2D eigenvalue weighted by atomic mass is 9.94. The molecule has 2 aromatic carbocycles. The maximum atomic E-state index is 12.7. The molecule has 7 nitrogen and oxygen atoms in total. The van der Waals surface area contributed by atoms with Gasteiger partial charge >= 0.3 is 0 Å². The molecule has 0 radical (unpaired) electrons. The molecule has 0 spiro atoms. The van der Waals surface area contributed by atoms with Crippen molar-refractivity contribution in [3.05, 3.63) is 58.6 Å². The molecule has 34 heavy (non-hydrogen) atoms. The van der Waals surface area contributed by atoms with Gasteiger partial charge in [-0.2, -0.15) is 0 Å². The number of nitrogens with zero attached hydrogens (tertiary/aromatic N) is 1. The molecule has 2 aromatic rings. The number of methoxy groups -OCH3 is 1. The van der Waals surface area contributed by atoms with Crippen molar-refractivity contribution in [3.8, 4) is 11.5 Å². The van der Waals surface area contributed by atoms with E-state index in [0.717, 1.165) is 36.8 Å². The van der Waals surface area contributed by atoms with Gasteiger partial charge in [-0.3, -0.25) is 9.59 Å². The van der Waals surface area contributed by atoms with E-state index >= 15 is 0 Å². The summed E-state index contributed by atoms with van der Waals surface area (Å²) >= 11 is 11.6. The largest absolute Gasteiger partial charge is 0.493 e. The molecule has 1 saturated carbocycles. The van der Waals surface area contributed by atoms with E-state index in [1.54, 1.807) is 18.2 Å². The summed E-state index contributed by atoms with van der Waals surface area (Å²) in [6.45, 7) is 0.283. The Hall–Kier alpha value is -2.84. The van der Waals surface area contributed by atoms with Crippen LogP contribution in [0.5, 0.6) is 11.5 Å². The summed E-state index contributed by atoms with van der Waals surface area (Å²) in [4.78, 5) is 25.8. The maximum Gasteiger partial charge on any atom is 0.255 e. The molecule has 0 atom stereocenters. The van der Waals surface area contributed by atoms with E-state index in [1.807, 2.05) is 24.3 Å². The minimum atomic E-state index is -0.561. The van der Waals surface area contributed by atoms with Crippen LogP contribution in [-0.4, -0.2) is 41.6 Å². The van der Waals surface area contributed by atoms with Crippen molar-refractivity contribution in [2.45, 2.75) is 51.1 Å². The number of hydrogen-bond acceptors (Lipinski definition) is 5. The Bertz CT molecular complexity index is 1010. The predicted molar refractivity (Wildman–Crippen MR) is 136 cm³/mol. The minimum Gasteiger partial charge on any atom is -0.493 e. The molecule has 1 aliphatic carbocycles. The average Bonchev–Trinajstić information content (AvgIpc) is 2.83. The highest BCUT2D eigenvalue weighted by Crippen LogP contribution is 2.30. The number of carbonyl (C=O) groups excluding carboxylic acids is 2. The van der Waals surface area contributed by atoms with Crippen LogP contribution in [-0.2, 0) is 22.6 Å². The molecule has 0 aromatic heterocycles. The van der Waals surface area contributed by atoms with Crippen LogP contribution >= 0.6 is 23.8 Å². The summed E-state index contributed by atoms with van der Waals surface area (Å²) in [5.41, 5.74) is 6.99. The van der Waals surface area contributed by atoms with Crippen molar-refractivity contribution in [1.82, 2.24) is 10.2 Å². The first-order valence-corrected chi connectivity index (χ1v) is 12.1. The van der Waals surface area contributed by atoms with Crippen LogP contribution in [0, 0.1) is 0 Å². The summed E-state index contributed by atoms with van der Waals surface area (Å²) in [7, 11) is 1.54. The summed E-state index contributed by atoms with van der Waals surface area (Å²) < 4.78 is 10.9. The fourth-order valence-corrected chi connectivity index (χ4v) is 4.51. The number of rotatable bonds is 9. The van der Waals surface area contributed by atoms with E-state index in [1.165, 1.54) is 13.5 Å². The molecule has 182 valence electrons. The molecule has 0 saturated heterocycles. The van der Waals surface area contributed by atoms with Gasteiger partial charge in [0.05, 0.1) is 13.5 Å². The zero-order valence-corrected chi connectivity index (χ0v) is 20.8. The summed E-state index contributed by atoms with van der Waals surface area (Å²) in [6.07, 6.45) is 5.72. The van der Waals surface area contributed by atoms with E-state index in [4.69, 9.17) is 39.0 Å². The molecule has 3 N–H and O–H groups in total. The Morgan fingerprint density at radius 1 is 1.09 bits per heavy atom. The second-order valence-corrected chi connectivity index (χ2v) is 9.14. The second kappa shape index (κ2) is 12.6. The molecule has 3 rings (SSSR count). The Labute approximate surface area is 210 Å². The number of benzene rings is 2. The number of hydrogen-bond donors (Lipinski definition) is 2. The molecule has 1 fully saturated rings. The van der Waals surface area contributed by atoms with Crippen LogP contribution in [0.15, 0.2) is 42.5 Å². The number of amides is 2. The third-order valence-corrected chi connectivity index (χ3v) is 6.34. The lowest BCUT2D eigenvalue weighted by Crippen LogP contribution is -2.48. The van der Waals surface area contributed by atoms with Gasteiger partial charge in [-0.25, -0.2) is 0 Å². The van der Waals surface area contributed by atoms with Gasteiger partial charge < -0.3 is 25.4 Å². The standard InChI is InChI=1S/C25H30ClN3O4S/c1-32-22-13-18(9-12-21(22)33-16-23(27)30)15-29(20-5-3-2-4-6-20)25(34)28-24(31)14-17-7-10-19(26)11-8-17/h7-13,20H,2-6,14-16H2,1H3,(H2,27,30)(H,28,31,34). The van der Waals surface area contributed by atoms with Crippen LogP contribution < -0.4 is 20.5 Å². The van der Waals surface area contributed by atoms with E-state index in [-0.39, 0.29) is 25.0 Å². The SMILES string of the molecule is COc1cc(CN(C(=S)NC(=O)Cc2ccc(Cl)cc2)C2CCCCC2)ccc1OCC(N)=O. The van der Waals surface area contributed by atoms with Crippen LogP contribution in [0.1, 0.15) is 43.2 Å². The monoisotopic (exact) mass is 503 g/mol. The van der Waals surface area contributed by atoms with Gasteiger partial charge in [-0.05, 0) is 60.5 Å². The van der Waals surface area contributed by atoms with Crippen LogP contribution in [0.4, 0.5) is 0 Å². The number of ether oxygens (including phenoxy) is 2. The van der Waals surface area contributed by atoms with Gasteiger partial charge in [0, 0.05) is 17.6 Å². The highest BCUT2D eigenvalue weighted by atomic mass is 35.5. The number of halogens is 1. The second-order valence-electron chi connectivity index (χ2n) is 8.32. The summed E-state index contributed by atoms with van der Waals surface area (Å²) in [5, 5.41) is 3.96. The number of carbonyl (C=O) groups is 2. The Morgan fingerprint density at radius 2 is 1.76 bits per heavy atom. The zero-order valence-electron chi connectivity index (χ0n) is 19.2. The molecular formula is C25H30ClN3O4S. The normalized spacial score (nSPS) is 13.7. The third-order valence-electron chi connectivity index (χ3n) is 5.75. The van der Waals surface area contributed by atoms with Crippen molar-refractivity contribution in [2.24, 2.45) is 5.73 Å². The molecule has 0 bridgehead atoms. The van der Waals surface area contributed by atoms with E-state index in [2.05, 4.69) is 10.2 Å². The predicted octanol–water partition coefficient (Wildman–Crippen LogP) is 3.99. The van der Waals surface area contributed by atoms with Crippen molar-refractivity contribution in [1.29, 1.82) is 0 Å². The van der Waals surface area contributed by atoms with E-state index < -0.39 is 5.91 Å². The van der Waals surface area contributed by atoms with Crippen molar-refractivity contribution >= 4 is 40.7 Å². The van der Waals surface area contributed by atoms with Gasteiger partial charge in [0.1, 0.15) is 0 Å². The van der Waals surface area contributed by atoms with Gasteiger partial charge in [0.2, 0.25) is 5.91 Å². The quantitative estimate of drug-likeness (QED) is 0.502. The topological polar surface area (TPSA) is 93.9 Å². The van der Waals surface area contributed by atoms with Crippen molar-refractivity contribution < 1.29 is 19.1 Å². The first-order valence-electron chi connectivity index (χ1n) is 11.3. The van der Waals surface area contributed by atoms with Gasteiger partial charge in [0.15, 0.2) is 23.2 Å². The number of nitrogens with one attached hydrogen (secondary N) is 1. The highest BCUT2D eigenvalue weighted by Gasteiger charge is 2.25. The fraction of sp³-hybridized carbons (Fsp3) is 0.400. The molecule has 0 unspecified atom stereocenters. The third kappa shape index (κ3) is 7.60. The van der Waals surface area contributed by atoms with Crippen LogP contribution in [0.2, 0.25) is 5.02 Å². The van der Waals surface area contributed by atoms with Crippen LogP contribution in [0.3, 0.4) is 0 Å². The molecule has 9 heteroatoms. The first-order chi connectivity index (χ1) is 16.4. The highest BCUT2D eigenvalue weighted by molar-refractivity contribution is 7.80. The molecule has 0 aliphatic heterocycles. The molecular weight excluding hydrogens is 474 g/mol. The molecule has 1 aliphatic rings. The average molecular weight is 504 g/mol. The van der Waals surface area contributed by atoms with Gasteiger partial charge in [-0.1, -0.05) is 49.1 Å². The lowest BCUT2D eigenvalue weighted by molar-refractivity contribution is -0.120. The molecule has 0 heterocycles. The number of thiocarbonyl (C=S) groups is 1. The summed E-state index contributed by atoms with van der Waals surface area (Å²) in [5.74, 6) is 0.211. The maximum absolute atomic E-state index is 12.7. The smallest absolute Gasteiger partial charge is 0.255 e.